The quantitative estimate of drug-likeness (QED) is 0.610. The van der Waals surface area contributed by atoms with Crippen molar-refractivity contribution in [2.24, 2.45) is 0 Å². The van der Waals surface area contributed by atoms with Gasteiger partial charge in [0.05, 0.1) is 5.69 Å². The zero-order valence-electron chi connectivity index (χ0n) is 4.97. The molecule has 0 spiro atoms. The van der Waals surface area contributed by atoms with E-state index in [2.05, 4.69) is 4.94 Å². The lowest BCUT2D eigenvalue weighted by Crippen LogP contribution is -1.89. The summed E-state index contributed by atoms with van der Waals surface area (Å²) in [5, 5.41) is 0. The number of nitrogens with two attached hydrogens (primary N) is 1. The predicted octanol–water partition coefficient (Wildman–Crippen LogP) is 1.67. The largest absolute Gasteiger partial charge is 0.396 e. The van der Waals surface area contributed by atoms with Crippen molar-refractivity contribution in [3.05, 3.63) is 24.0 Å². The van der Waals surface area contributed by atoms with Gasteiger partial charge in [0.1, 0.15) is 5.82 Å². The van der Waals surface area contributed by atoms with Crippen LogP contribution in [0.4, 0.5) is 14.6 Å². The Kier molecular flexibility index (Phi) is 1.71. The molecule has 10 heavy (non-hydrogen) atoms. The Labute approximate surface area is 56.1 Å². The first-order chi connectivity index (χ1) is 4.74. The molecule has 0 aliphatic heterocycles. The van der Waals surface area contributed by atoms with Crippen molar-refractivity contribution in [1.82, 2.24) is 0 Å². The van der Waals surface area contributed by atoms with E-state index >= 15 is 0 Å². The van der Waals surface area contributed by atoms with Gasteiger partial charge in [-0.1, -0.05) is 0 Å². The lowest BCUT2D eigenvalue weighted by Gasteiger charge is -1.95. The molecule has 1 aromatic rings. The molecule has 0 unspecified atom stereocenters. The summed E-state index contributed by atoms with van der Waals surface area (Å²) in [5.41, 5.74) is 5.06. The summed E-state index contributed by atoms with van der Waals surface area (Å²) < 4.78 is 23.7. The lowest BCUT2D eigenvalue weighted by atomic mass is 10.3. The third kappa shape index (κ3) is 1.15. The van der Waals surface area contributed by atoms with Crippen LogP contribution in [0, 0.1) is 5.82 Å². The highest BCUT2D eigenvalue weighted by atomic mass is 19.3. The molecule has 0 saturated carbocycles. The third-order valence-corrected chi connectivity index (χ3v) is 1.06. The topological polar surface area (TPSA) is 35.2 Å². The van der Waals surface area contributed by atoms with Gasteiger partial charge in [-0.2, -0.15) is 0 Å². The van der Waals surface area contributed by atoms with Gasteiger partial charge in [0, 0.05) is 10.6 Å². The first-order valence-corrected chi connectivity index (χ1v) is 2.57. The maximum absolute atomic E-state index is 12.4. The normalized spacial score (nSPS) is 9.40. The Morgan fingerprint density at radius 1 is 1.40 bits per heavy atom. The molecule has 2 nitrogen and oxygen atoms in total. The molecule has 54 valence electrons. The van der Waals surface area contributed by atoms with E-state index in [1.807, 2.05) is 0 Å². The number of halogens is 2. The van der Waals surface area contributed by atoms with E-state index in [1.54, 1.807) is 0 Å². The smallest absolute Gasteiger partial charge is 0.174 e. The van der Waals surface area contributed by atoms with Crippen LogP contribution in [-0.4, -0.2) is 0 Å². The van der Waals surface area contributed by atoms with Gasteiger partial charge < -0.3 is 5.73 Å². The van der Waals surface area contributed by atoms with Crippen molar-refractivity contribution in [2.45, 2.75) is 0 Å². The van der Waals surface area contributed by atoms with E-state index in [9.17, 15) is 8.92 Å². The summed E-state index contributed by atoms with van der Waals surface area (Å²) in [6, 6.07) is 3.33. The molecule has 0 heterocycles. The third-order valence-electron chi connectivity index (χ3n) is 1.06. The molecule has 0 atom stereocenters. The molecule has 0 amide bonds. The molecule has 0 aliphatic carbocycles. The van der Waals surface area contributed by atoms with Crippen LogP contribution in [0.1, 0.15) is 0 Å². The predicted molar refractivity (Wildman–Crippen MR) is 32.5 cm³/mol. The highest BCUT2D eigenvalue weighted by molar-refractivity contribution is 5.43. The Hall–Kier alpha value is -1.32. The Morgan fingerprint density at radius 3 is 2.60 bits per heavy atom. The lowest BCUT2D eigenvalue weighted by molar-refractivity contribution is -0.00651. The Bertz CT molecular complexity index is 239. The Balaban J connectivity index is 3.04. The van der Waals surface area contributed by atoms with Crippen LogP contribution in [0.15, 0.2) is 18.2 Å². The van der Waals surface area contributed by atoms with Gasteiger partial charge in [-0.05, 0) is 12.1 Å². The minimum atomic E-state index is -0.685. The summed E-state index contributed by atoms with van der Waals surface area (Å²) in [7, 11) is 0. The summed E-state index contributed by atoms with van der Waals surface area (Å²) in [6.45, 7) is 0. The summed E-state index contributed by atoms with van der Waals surface area (Å²) >= 11 is 0. The minimum Gasteiger partial charge on any atom is -0.396 e. The molecular weight excluding hydrogens is 140 g/mol. The molecule has 0 fully saturated rings. The van der Waals surface area contributed by atoms with Crippen LogP contribution in [-0.2, 0) is 0 Å². The van der Waals surface area contributed by atoms with Crippen molar-refractivity contribution < 1.29 is 13.9 Å². The van der Waals surface area contributed by atoms with Gasteiger partial charge >= 0.3 is 0 Å². The van der Waals surface area contributed by atoms with Gasteiger partial charge in [0.15, 0.2) is 5.75 Å². The summed E-state index contributed by atoms with van der Waals surface area (Å²) in [5.74, 6) is -0.873. The number of anilines is 1. The highest BCUT2D eigenvalue weighted by Crippen LogP contribution is 2.17. The summed E-state index contributed by atoms with van der Waals surface area (Å²) in [4.78, 5) is 3.25. The highest BCUT2D eigenvalue weighted by Gasteiger charge is 1.99. The van der Waals surface area contributed by atoms with Crippen LogP contribution in [0.2, 0.25) is 0 Å². The van der Waals surface area contributed by atoms with E-state index < -0.39 is 5.82 Å². The number of rotatable bonds is 1. The maximum Gasteiger partial charge on any atom is 0.174 e. The fraction of sp³-hybridized carbons (Fsp3) is 0. The van der Waals surface area contributed by atoms with Crippen LogP contribution < -0.4 is 10.7 Å². The molecule has 0 bridgehead atoms. The van der Waals surface area contributed by atoms with Crippen molar-refractivity contribution in [3.63, 3.8) is 0 Å². The van der Waals surface area contributed by atoms with Gasteiger partial charge in [0.2, 0.25) is 0 Å². The van der Waals surface area contributed by atoms with E-state index in [-0.39, 0.29) is 11.4 Å². The zero-order chi connectivity index (χ0) is 7.56. The SMILES string of the molecule is Nc1ccc(OF)cc1F. The maximum atomic E-state index is 12.4. The minimum absolute atomic E-state index is 0.0270. The number of hydrogen-bond acceptors (Lipinski definition) is 2. The Morgan fingerprint density at radius 2 is 2.10 bits per heavy atom. The number of benzene rings is 1. The van der Waals surface area contributed by atoms with Gasteiger partial charge in [0.25, 0.3) is 0 Å². The van der Waals surface area contributed by atoms with Crippen molar-refractivity contribution in [2.75, 3.05) is 5.73 Å². The van der Waals surface area contributed by atoms with E-state index in [0.717, 1.165) is 6.07 Å². The average Bonchev–Trinajstić information content (AvgIpc) is 1.95. The monoisotopic (exact) mass is 145 g/mol. The first-order valence-electron chi connectivity index (χ1n) is 2.57. The fourth-order valence-electron chi connectivity index (χ4n) is 0.556. The average molecular weight is 145 g/mol. The van der Waals surface area contributed by atoms with Gasteiger partial charge in [-0.3, -0.25) is 4.94 Å². The van der Waals surface area contributed by atoms with E-state index in [0.29, 0.717) is 0 Å². The fourth-order valence-corrected chi connectivity index (χ4v) is 0.556. The second-order valence-electron chi connectivity index (χ2n) is 1.76. The van der Waals surface area contributed by atoms with Crippen LogP contribution in [0.5, 0.6) is 5.75 Å². The first kappa shape index (κ1) is 6.80. The van der Waals surface area contributed by atoms with Gasteiger partial charge in [-0.25, -0.2) is 4.39 Å². The molecule has 4 heteroatoms. The van der Waals surface area contributed by atoms with Crippen LogP contribution >= 0.6 is 0 Å². The molecule has 1 aromatic carbocycles. The van der Waals surface area contributed by atoms with Crippen molar-refractivity contribution in [1.29, 1.82) is 0 Å². The molecule has 0 saturated heterocycles. The van der Waals surface area contributed by atoms with Crippen molar-refractivity contribution >= 4 is 5.69 Å². The molecule has 2 N–H and O–H groups in total. The standard InChI is InChI=1S/C6H5F2NO/c7-5-3-4(10-8)1-2-6(5)9/h1-3H,9H2. The number of nitrogen functional groups attached to an aromatic ring is 1. The molecule has 0 aromatic heterocycles. The van der Waals surface area contributed by atoms with Crippen LogP contribution in [0.25, 0.3) is 0 Å². The van der Waals surface area contributed by atoms with Crippen molar-refractivity contribution in [3.8, 4) is 5.75 Å². The summed E-state index contributed by atoms with van der Waals surface area (Å²) in [6.07, 6.45) is 0. The second kappa shape index (κ2) is 2.51. The molecule has 1 rings (SSSR count). The van der Waals surface area contributed by atoms with Gasteiger partial charge in [-0.15, -0.1) is 0 Å². The molecular formula is C6H5F2NO. The molecule has 0 aliphatic rings. The zero-order valence-corrected chi connectivity index (χ0v) is 4.97. The molecule has 0 radical (unpaired) electrons. The second-order valence-corrected chi connectivity index (χ2v) is 1.76. The van der Waals surface area contributed by atoms with E-state index in [1.165, 1.54) is 12.1 Å². The number of hydrogen-bond donors (Lipinski definition) is 1. The van der Waals surface area contributed by atoms with E-state index in [4.69, 9.17) is 5.73 Å². The van der Waals surface area contributed by atoms with Crippen LogP contribution in [0.3, 0.4) is 0 Å².